The number of aryl methyl sites for hydroxylation is 2. The molecule has 1 aromatic heterocycles. The van der Waals surface area contributed by atoms with Crippen LogP contribution >= 0.6 is 0 Å². The third kappa shape index (κ3) is 3.47. The predicted molar refractivity (Wildman–Crippen MR) is 81.8 cm³/mol. The van der Waals surface area contributed by atoms with Gasteiger partial charge in [-0.05, 0) is 19.1 Å². The summed E-state index contributed by atoms with van der Waals surface area (Å²) in [7, 11) is 1.54. The number of nitrogens with zero attached hydrogens (tertiary/aromatic N) is 3. The molecule has 0 bridgehead atoms. The number of nitrogens with one attached hydrogen (secondary N) is 2. The first-order chi connectivity index (χ1) is 11.3. The maximum Gasteiger partial charge on any atom is 0.333 e. The van der Waals surface area contributed by atoms with Crippen molar-refractivity contribution in [1.29, 1.82) is 0 Å². The lowest BCUT2D eigenvalue weighted by Crippen LogP contribution is -2.30. The largest absolute Gasteiger partial charge is 0.363 e. The summed E-state index contributed by atoms with van der Waals surface area (Å²) in [4.78, 5) is 22.3. The van der Waals surface area contributed by atoms with Crippen molar-refractivity contribution in [3.8, 4) is 0 Å². The summed E-state index contributed by atoms with van der Waals surface area (Å²) >= 11 is 0. The number of carbonyl (C=O) groups is 1. The Balaban J connectivity index is 1.97. The maximum atomic E-state index is 13.5. The highest BCUT2D eigenvalue weighted by Crippen LogP contribution is 2.26. The molecule has 24 heavy (non-hydrogen) atoms. The topological polar surface area (TPSA) is 102 Å². The molecule has 0 saturated carbocycles. The van der Waals surface area contributed by atoms with Crippen molar-refractivity contribution >= 4 is 17.4 Å². The number of halogens is 2. The average molecular weight is 339 g/mol. The predicted octanol–water partition coefficient (Wildman–Crippen LogP) is 1.76. The van der Waals surface area contributed by atoms with Gasteiger partial charge in [0.15, 0.2) is 0 Å². The third-order valence-corrected chi connectivity index (χ3v) is 3.27. The van der Waals surface area contributed by atoms with E-state index in [1.54, 1.807) is 0 Å². The molecular formula is C14H15F2N5O3. The van der Waals surface area contributed by atoms with E-state index in [0.717, 1.165) is 18.2 Å². The Kier molecular flexibility index (Phi) is 5.07. The van der Waals surface area contributed by atoms with E-state index in [-0.39, 0.29) is 30.3 Å². The van der Waals surface area contributed by atoms with Gasteiger partial charge < -0.3 is 10.6 Å². The molecule has 0 aliphatic heterocycles. The fourth-order valence-corrected chi connectivity index (χ4v) is 2.22. The van der Waals surface area contributed by atoms with Crippen LogP contribution in [-0.4, -0.2) is 33.7 Å². The van der Waals surface area contributed by atoms with E-state index < -0.39 is 28.0 Å². The number of carbonyl (C=O) groups excluding carboxylic acids is 1. The van der Waals surface area contributed by atoms with Gasteiger partial charge >= 0.3 is 5.69 Å². The first kappa shape index (κ1) is 17.3. The van der Waals surface area contributed by atoms with Gasteiger partial charge in [-0.25, -0.2) is 13.5 Å². The van der Waals surface area contributed by atoms with Gasteiger partial charge in [-0.3, -0.25) is 14.9 Å². The average Bonchev–Trinajstić information content (AvgIpc) is 2.77. The number of hydrogen-bond acceptors (Lipinski definition) is 5. The number of hydrogen-bond donors (Lipinski definition) is 2. The second kappa shape index (κ2) is 7.02. The van der Waals surface area contributed by atoms with Crippen molar-refractivity contribution in [3.05, 3.63) is 51.2 Å². The minimum Gasteiger partial charge on any atom is -0.363 e. The molecule has 2 rings (SSSR count). The van der Waals surface area contributed by atoms with E-state index in [9.17, 15) is 23.7 Å². The van der Waals surface area contributed by atoms with Crippen LogP contribution in [0, 0.1) is 28.7 Å². The van der Waals surface area contributed by atoms with Crippen LogP contribution in [0.5, 0.6) is 0 Å². The molecule has 8 nitrogen and oxygen atoms in total. The highest BCUT2D eigenvalue weighted by Gasteiger charge is 2.23. The lowest BCUT2D eigenvalue weighted by Gasteiger charge is -2.09. The van der Waals surface area contributed by atoms with E-state index in [1.165, 1.54) is 18.7 Å². The van der Waals surface area contributed by atoms with Crippen LogP contribution in [-0.2, 0) is 7.05 Å². The fraction of sp³-hybridized carbons (Fsp3) is 0.286. The van der Waals surface area contributed by atoms with Gasteiger partial charge in [0.25, 0.3) is 5.91 Å². The summed E-state index contributed by atoms with van der Waals surface area (Å²) in [5, 5.41) is 20.1. The molecule has 0 radical (unpaired) electrons. The van der Waals surface area contributed by atoms with E-state index >= 15 is 0 Å². The second-order valence-corrected chi connectivity index (χ2v) is 4.94. The first-order valence-electron chi connectivity index (χ1n) is 6.97. The molecule has 0 atom stereocenters. The lowest BCUT2D eigenvalue weighted by molar-refractivity contribution is -0.384. The Hall–Kier alpha value is -3.04. The summed E-state index contributed by atoms with van der Waals surface area (Å²) in [6, 6.07) is 3.13. The Bertz CT molecular complexity index is 771. The normalized spacial score (nSPS) is 10.5. The highest BCUT2D eigenvalue weighted by atomic mass is 19.1. The van der Waals surface area contributed by atoms with Crippen LogP contribution in [0.2, 0.25) is 0 Å². The smallest absolute Gasteiger partial charge is 0.333 e. The van der Waals surface area contributed by atoms with Crippen LogP contribution in [0.3, 0.4) is 0 Å². The van der Waals surface area contributed by atoms with E-state index in [1.807, 2.05) is 0 Å². The van der Waals surface area contributed by atoms with Crippen molar-refractivity contribution in [2.75, 3.05) is 18.4 Å². The van der Waals surface area contributed by atoms with Gasteiger partial charge in [0.2, 0.25) is 5.82 Å². The Morgan fingerprint density at radius 1 is 1.33 bits per heavy atom. The van der Waals surface area contributed by atoms with Gasteiger partial charge in [-0.15, -0.1) is 0 Å². The molecule has 2 aromatic rings. The van der Waals surface area contributed by atoms with Crippen LogP contribution < -0.4 is 10.6 Å². The zero-order valence-corrected chi connectivity index (χ0v) is 13.0. The van der Waals surface area contributed by atoms with Crippen LogP contribution in [0.15, 0.2) is 18.2 Å². The fourth-order valence-electron chi connectivity index (χ4n) is 2.22. The SMILES string of the molecule is Cc1nn(C)c(NCCNC(=O)c2c(F)cccc2F)c1[N+](=O)[O-]. The molecule has 0 aliphatic rings. The summed E-state index contributed by atoms with van der Waals surface area (Å²) in [6.45, 7) is 1.63. The van der Waals surface area contributed by atoms with Crippen molar-refractivity contribution in [2.45, 2.75) is 6.92 Å². The molecule has 2 N–H and O–H groups in total. The zero-order chi connectivity index (χ0) is 17.9. The lowest BCUT2D eigenvalue weighted by atomic mass is 10.2. The van der Waals surface area contributed by atoms with E-state index in [0.29, 0.717) is 0 Å². The zero-order valence-electron chi connectivity index (χ0n) is 13.0. The second-order valence-electron chi connectivity index (χ2n) is 4.94. The van der Waals surface area contributed by atoms with Crippen molar-refractivity contribution in [1.82, 2.24) is 15.1 Å². The number of anilines is 1. The van der Waals surface area contributed by atoms with Gasteiger partial charge in [0, 0.05) is 20.1 Å². The van der Waals surface area contributed by atoms with E-state index in [4.69, 9.17) is 0 Å². The summed E-state index contributed by atoms with van der Waals surface area (Å²) in [5.74, 6) is -2.64. The van der Waals surface area contributed by atoms with Crippen LogP contribution in [0.25, 0.3) is 0 Å². The summed E-state index contributed by atoms with van der Waals surface area (Å²) in [6.07, 6.45) is 0. The van der Waals surface area contributed by atoms with Crippen LogP contribution in [0.1, 0.15) is 16.1 Å². The standard InChI is InChI=1S/C14H15F2N5O3/c1-8-12(21(23)24)13(20(2)19-8)17-6-7-18-14(22)11-9(15)4-3-5-10(11)16/h3-5,17H,6-7H2,1-2H3,(H,18,22). The minimum atomic E-state index is -0.960. The van der Waals surface area contributed by atoms with Crippen molar-refractivity contribution in [3.63, 3.8) is 0 Å². The molecule has 10 heteroatoms. The van der Waals surface area contributed by atoms with Gasteiger partial charge in [-0.2, -0.15) is 5.10 Å². The summed E-state index contributed by atoms with van der Waals surface area (Å²) in [5.41, 5.74) is -0.578. The number of benzene rings is 1. The van der Waals surface area contributed by atoms with Crippen molar-refractivity contribution < 1.29 is 18.5 Å². The molecular weight excluding hydrogens is 324 g/mol. The molecule has 0 fully saturated rings. The molecule has 0 saturated heterocycles. The van der Waals surface area contributed by atoms with Gasteiger partial charge in [0.05, 0.1) is 4.92 Å². The molecule has 1 aromatic carbocycles. The Morgan fingerprint density at radius 2 is 1.96 bits per heavy atom. The number of rotatable bonds is 6. The monoisotopic (exact) mass is 339 g/mol. The summed E-state index contributed by atoms with van der Waals surface area (Å²) < 4.78 is 28.3. The van der Waals surface area contributed by atoms with Crippen LogP contribution in [0.4, 0.5) is 20.3 Å². The molecule has 1 amide bonds. The molecule has 128 valence electrons. The van der Waals surface area contributed by atoms with Gasteiger partial charge in [-0.1, -0.05) is 6.07 Å². The maximum absolute atomic E-state index is 13.5. The number of nitro groups is 1. The molecule has 0 unspecified atom stereocenters. The Labute approximate surface area is 135 Å². The molecule has 0 spiro atoms. The molecule has 0 aliphatic carbocycles. The molecule has 1 heterocycles. The Morgan fingerprint density at radius 3 is 2.54 bits per heavy atom. The first-order valence-corrected chi connectivity index (χ1v) is 6.97. The number of amides is 1. The van der Waals surface area contributed by atoms with E-state index in [2.05, 4.69) is 15.7 Å². The quantitative estimate of drug-likeness (QED) is 0.474. The number of aromatic nitrogens is 2. The minimum absolute atomic E-state index is 0.00793. The third-order valence-electron chi connectivity index (χ3n) is 3.27. The highest BCUT2D eigenvalue weighted by molar-refractivity contribution is 5.94. The van der Waals surface area contributed by atoms with Gasteiger partial charge in [0.1, 0.15) is 22.9 Å². The van der Waals surface area contributed by atoms with Crippen molar-refractivity contribution in [2.24, 2.45) is 7.05 Å².